The lowest BCUT2D eigenvalue weighted by Crippen LogP contribution is -2.22. The summed E-state index contributed by atoms with van der Waals surface area (Å²) in [4.78, 5) is 17.3. The number of aromatic nitrogens is 1. The summed E-state index contributed by atoms with van der Waals surface area (Å²) >= 11 is 1.20. The van der Waals surface area contributed by atoms with Gasteiger partial charge in [0.05, 0.1) is 10.1 Å². The number of amides is 1. The van der Waals surface area contributed by atoms with E-state index >= 15 is 0 Å². The number of primary sulfonamides is 1. The van der Waals surface area contributed by atoms with Crippen molar-refractivity contribution in [3.05, 3.63) is 84.9 Å². The van der Waals surface area contributed by atoms with Crippen molar-refractivity contribution >= 4 is 33.4 Å². The Morgan fingerprint density at radius 3 is 2.09 bits per heavy atom. The highest BCUT2D eigenvalue weighted by atomic mass is 32.2. The summed E-state index contributed by atoms with van der Waals surface area (Å²) in [6.07, 6.45) is 0. The van der Waals surface area contributed by atoms with Crippen molar-refractivity contribution in [3.8, 4) is 22.6 Å². The predicted octanol–water partition coefficient (Wildman–Crippen LogP) is 4.78. The maximum Gasteiger partial charge on any atom is 0.257 e. The third-order valence-corrected chi connectivity index (χ3v) is 6.66. The Kier molecular flexibility index (Phi) is 6.64. The van der Waals surface area contributed by atoms with Gasteiger partial charge in [-0.15, -0.1) is 0 Å². The number of nitrogens with two attached hydrogens (primary N) is 1. The van der Waals surface area contributed by atoms with E-state index in [9.17, 15) is 13.2 Å². The summed E-state index contributed by atoms with van der Waals surface area (Å²) in [6.45, 7) is 1.74. The molecule has 0 aliphatic carbocycles. The Bertz CT molecular complexity index is 1300. The Balaban J connectivity index is 1.53. The normalized spacial score (nSPS) is 12.3. The van der Waals surface area contributed by atoms with Gasteiger partial charge in [-0.3, -0.25) is 4.79 Å². The van der Waals surface area contributed by atoms with Crippen molar-refractivity contribution in [1.29, 1.82) is 0 Å². The molecule has 168 valence electrons. The number of sulfonamides is 1. The summed E-state index contributed by atoms with van der Waals surface area (Å²) in [5.74, 6) is 0.361. The van der Waals surface area contributed by atoms with E-state index in [1.165, 1.54) is 36.0 Å². The lowest BCUT2D eigenvalue weighted by Gasteiger charge is -2.10. The molecular formula is C24H21N3O4S2. The van der Waals surface area contributed by atoms with E-state index < -0.39 is 15.3 Å². The minimum absolute atomic E-state index is 0.0235. The molecule has 1 aromatic heterocycles. The molecule has 0 radical (unpaired) electrons. The first-order chi connectivity index (χ1) is 15.8. The van der Waals surface area contributed by atoms with Crippen LogP contribution in [-0.2, 0) is 14.8 Å². The van der Waals surface area contributed by atoms with Crippen molar-refractivity contribution in [3.63, 3.8) is 0 Å². The number of oxazole rings is 1. The Hall–Kier alpha value is -3.40. The van der Waals surface area contributed by atoms with Crippen LogP contribution in [0.4, 0.5) is 5.69 Å². The van der Waals surface area contributed by atoms with Crippen LogP contribution in [0.5, 0.6) is 0 Å². The van der Waals surface area contributed by atoms with E-state index in [-0.39, 0.29) is 10.8 Å². The maximum absolute atomic E-state index is 12.7. The molecule has 4 aromatic rings. The first kappa shape index (κ1) is 22.8. The van der Waals surface area contributed by atoms with E-state index in [1.54, 1.807) is 6.92 Å². The molecule has 0 spiro atoms. The summed E-state index contributed by atoms with van der Waals surface area (Å²) in [7, 11) is -3.79. The molecule has 3 N–H and O–H groups in total. The van der Waals surface area contributed by atoms with Gasteiger partial charge in [0.25, 0.3) is 5.22 Å². The maximum atomic E-state index is 12.7. The molecule has 1 unspecified atom stereocenters. The third-order valence-electron chi connectivity index (χ3n) is 4.79. The largest absolute Gasteiger partial charge is 0.431 e. The van der Waals surface area contributed by atoms with Crippen LogP contribution in [0.15, 0.2) is 99.5 Å². The molecule has 4 rings (SSSR count). The fourth-order valence-corrected chi connectivity index (χ4v) is 4.36. The van der Waals surface area contributed by atoms with E-state index in [4.69, 9.17) is 9.56 Å². The molecule has 3 aromatic carbocycles. The van der Waals surface area contributed by atoms with Gasteiger partial charge in [-0.1, -0.05) is 72.4 Å². The summed E-state index contributed by atoms with van der Waals surface area (Å²) in [6, 6.07) is 25.1. The second-order valence-electron chi connectivity index (χ2n) is 7.21. The second-order valence-corrected chi connectivity index (χ2v) is 10.1. The van der Waals surface area contributed by atoms with Gasteiger partial charge in [0.2, 0.25) is 15.9 Å². The van der Waals surface area contributed by atoms with Gasteiger partial charge in [-0.25, -0.2) is 18.5 Å². The molecular weight excluding hydrogens is 458 g/mol. The van der Waals surface area contributed by atoms with Crippen molar-refractivity contribution in [2.75, 3.05) is 5.32 Å². The molecule has 0 aliphatic heterocycles. The van der Waals surface area contributed by atoms with Gasteiger partial charge in [0.15, 0.2) is 5.76 Å². The zero-order valence-electron chi connectivity index (χ0n) is 17.6. The topological polar surface area (TPSA) is 115 Å². The van der Waals surface area contributed by atoms with E-state index in [1.807, 2.05) is 60.7 Å². The van der Waals surface area contributed by atoms with Crippen LogP contribution in [0.2, 0.25) is 0 Å². The molecule has 0 saturated heterocycles. The molecule has 7 nitrogen and oxygen atoms in total. The predicted molar refractivity (Wildman–Crippen MR) is 129 cm³/mol. The van der Waals surface area contributed by atoms with Crippen LogP contribution >= 0.6 is 11.8 Å². The number of nitrogens with one attached hydrogen (secondary N) is 1. The van der Waals surface area contributed by atoms with E-state index in [2.05, 4.69) is 10.3 Å². The number of nitrogens with zero attached hydrogens (tertiary/aromatic N) is 1. The molecule has 0 aliphatic rings. The zero-order valence-corrected chi connectivity index (χ0v) is 19.3. The molecule has 1 heterocycles. The quantitative estimate of drug-likeness (QED) is 0.369. The van der Waals surface area contributed by atoms with Gasteiger partial charge < -0.3 is 9.73 Å². The number of benzene rings is 3. The number of hydrogen-bond acceptors (Lipinski definition) is 6. The van der Waals surface area contributed by atoms with Gasteiger partial charge in [-0.2, -0.15) is 0 Å². The third kappa shape index (κ3) is 5.51. The van der Waals surface area contributed by atoms with Crippen LogP contribution < -0.4 is 10.5 Å². The van der Waals surface area contributed by atoms with Gasteiger partial charge in [0, 0.05) is 16.8 Å². The van der Waals surface area contributed by atoms with Crippen molar-refractivity contribution in [2.45, 2.75) is 22.3 Å². The van der Waals surface area contributed by atoms with Crippen molar-refractivity contribution < 1.29 is 17.6 Å². The van der Waals surface area contributed by atoms with Crippen LogP contribution in [0.3, 0.4) is 0 Å². The summed E-state index contributed by atoms with van der Waals surface area (Å²) in [5, 5.41) is 7.72. The molecule has 0 fully saturated rings. The highest BCUT2D eigenvalue weighted by molar-refractivity contribution is 8.00. The standard InChI is InChI=1S/C24H21N3O4S2/c1-16(23(28)26-19-12-14-20(15-13-19)33(25,29)30)32-24-27-21(17-8-4-2-5-9-17)22(31-24)18-10-6-3-7-11-18/h2-16H,1H3,(H,26,28)(H2,25,29,30). The van der Waals surface area contributed by atoms with E-state index in [0.29, 0.717) is 22.4 Å². The number of carbonyl (C=O) groups is 1. The van der Waals surface area contributed by atoms with Crippen molar-refractivity contribution in [1.82, 2.24) is 4.98 Å². The SMILES string of the molecule is CC(Sc1nc(-c2ccccc2)c(-c2ccccc2)o1)C(=O)Nc1ccc(S(N)(=O)=O)cc1. The average Bonchev–Trinajstić information content (AvgIpc) is 3.24. The highest BCUT2D eigenvalue weighted by Gasteiger charge is 2.22. The Morgan fingerprint density at radius 2 is 1.52 bits per heavy atom. The minimum Gasteiger partial charge on any atom is -0.431 e. The summed E-state index contributed by atoms with van der Waals surface area (Å²) < 4.78 is 28.8. The Labute approximate surface area is 196 Å². The zero-order chi connectivity index (χ0) is 23.4. The molecule has 0 saturated carbocycles. The van der Waals surface area contributed by atoms with Gasteiger partial charge in [-0.05, 0) is 31.2 Å². The summed E-state index contributed by atoms with van der Waals surface area (Å²) in [5.41, 5.74) is 2.97. The number of hydrogen-bond donors (Lipinski definition) is 2. The molecule has 0 bridgehead atoms. The highest BCUT2D eigenvalue weighted by Crippen LogP contribution is 2.36. The number of carbonyl (C=O) groups excluding carboxylic acids is 1. The number of thioether (sulfide) groups is 1. The average molecular weight is 480 g/mol. The van der Waals surface area contributed by atoms with Gasteiger partial charge >= 0.3 is 0 Å². The number of rotatable bonds is 7. The van der Waals surface area contributed by atoms with Crippen LogP contribution in [0.25, 0.3) is 22.6 Å². The van der Waals surface area contributed by atoms with Gasteiger partial charge in [0.1, 0.15) is 5.69 Å². The molecule has 1 amide bonds. The van der Waals surface area contributed by atoms with E-state index in [0.717, 1.165) is 11.1 Å². The van der Waals surface area contributed by atoms with Crippen LogP contribution in [0.1, 0.15) is 6.92 Å². The Morgan fingerprint density at radius 1 is 0.939 bits per heavy atom. The smallest absolute Gasteiger partial charge is 0.257 e. The molecule has 33 heavy (non-hydrogen) atoms. The molecule has 9 heteroatoms. The molecule has 1 atom stereocenters. The fourth-order valence-electron chi connectivity index (χ4n) is 3.10. The second kappa shape index (κ2) is 9.62. The van der Waals surface area contributed by atoms with Crippen LogP contribution in [0, 0.1) is 0 Å². The van der Waals surface area contributed by atoms with Crippen molar-refractivity contribution in [2.24, 2.45) is 5.14 Å². The first-order valence-corrected chi connectivity index (χ1v) is 12.5. The monoisotopic (exact) mass is 479 g/mol. The lowest BCUT2D eigenvalue weighted by atomic mass is 10.1. The number of anilines is 1. The van der Waals surface area contributed by atoms with Crippen LogP contribution in [-0.4, -0.2) is 24.6 Å². The lowest BCUT2D eigenvalue weighted by molar-refractivity contribution is -0.115. The first-order valence-electron chi connectivity index (χ1n) is 10.0. The fraction of sp³-hybridized carbons (Fsp3) is 0.0833. The minimum atomic E-state index is -3.79.